The quantitative estimate of drug-likeness (QED) is 0.388. The Morgan fingerprint density at radius 2 is 1.38 bits per heavy atom. The number of benzene rings is 2. The summed E-state index contributed by atoms with van der Waals surface area (Å²) in [4.78, 5) is 36.0. The summed E-state index contributed by atoms with van der Waals surface area (Å²) in [6.45, 7) is 0.338. The molecule has 1 fully saturated rings. The van der Waals surface area contributed by atoms with Crippen LogP contribution < -0.4 is 4.72 Å². The van der Waals surface area contributed by atoms with Crippen LogP contribution in [0.3, 0.4) is 0 Å². The number of halogens is 3. The smallest absolute Gasteiger partial charge is 0.335 e. The molecule has 0 radical (unpaired) electrons. The Kier molecular flexibility index (Phi) is 7.15. The summed E-state index contributed by atoms with van der Waals surface area (Å²) in [6, 6.07) is 16.5. The Hall–Kier alpha value is -4.52. The zero-order chi connectivity index (χ0) is 28.5. The lowest BCUT2D eigenvalue weighted by Gasteiger charge is -2.35. The number of fused-ring (bicyclic) bond motifs is 1. The molecule has 0 atom stereocenters. The highest BCUT2D eigenvalue weighted by atomic mass is 32.2. The van der Waals surface area contributed by atoms with Crippen molar-refractivity contribution in [2.24, 2.45) is 0 Å². The van der Waals surface area contributed by atoms with Crippen molar-refractivity contribution in [2.75, 3.05) is 30.9 Å². The lowest BCUT2D eigenvalue weighted by atomic mass is 10.1. The van der Waals surface area contributed by atoms with Gasteiger partial charge in [-0.05, 0) is 48.5 Å². The summed E-state index contributed by atoms with van der Waals surface area (Å²) in [5.41, 5.74) is -0.906. The van der Waals surface area contributed by atoms with Crippen LogP contribution in [0.15, 0.2) is 84.0 Å². The van der Waals surface area contributed by atoms with Crippen molar-refractivity contribution in [3.8, 4) is 0 Å². The molecule has 1 N–H and O–H groups in total. The molecule has 4 aromatic rings. The first-order chi connectivity index (χ1) is 19.0. The molecule has 2 aromatic carbocycles. The highest BCUT2D eigenvalue weighted by Gasteiger charge is 2.38. The van der Waals surface area contributed by atoms with Crippen molar-refractivity contribution in [1.29, 1.82) is 0 Å². The van der Waals surface area contributed by atoms with E-state index in [4.69, 9.17) is 0 Å². The Bertz CT molecular complexity index is 1680. The van der Waals surface area contributed by atoms with Gasteiger partial charge in [0, 0.05) is 55.2 Å². The number of rotatable bonds is 5. The average molecular weight is 570 g/mol. The van der Waals surface area contributed by atoms with Gasteiger partial charge < -0.3 is 9.80 Å². The van der Waals surface area contributed by atoms with E-state index >= 15 is 0 Å². The number of aromatic nitrogens is 2. The number of hydrogen-bond acceptors (Lipinski definition) is 6. The molecule has 9 nitrogen and oxygen atoms in total. The van der Waals surface area contributed by atoms with Gasteiger partial charge in [-0.15, -0.1) is 0 Å². The predicted molar refractivity (Wildman–Crippen MR) is 140 cm³/mol. The maximum absolute atomic E-state index is 13.3. The molecule has 1 aliphatic heterocycles. The number of amides is 2. The molecule has 1 aliphatic rings. The van der Waals surface area contributed by atoms with Crippen LogP contribution >= 0.6 is 0 Å². The molecule has 0 aliphatic carbocycles. The Morgan fingerprint density at radius 1 is 0.775 bits per heavy atom. The van der Waals surface area contributed by atoms with Crippen LogP contribution in [0, 0.1) is 0 Å². The van der Waals surface area contributed by atoms with E-state index in [0.717, 1.165) is 12.3 Å². The van der Waals surface area contributed by atoms with E-state index in [0.29, 0.717) is 16.5 Å². The molecule has 3 heterocycles. The van der Waals surface area contributed by atoms with Gasteiger partial charge in [-0.25, -0.2) is 8.42 Å². The van der Waals surface area contributed by atoms with E-state index < -0.39 is 33.4 Å². The van der Waals surface area contributed by atoms with Crippen LogP contribution in [0.2, 0.25) is 0 Å². The fraction of sp³-hybridized carbons (Fsp3) is 0.185. The summed E-state index contributed by atoms with van der Waals surface area (Å²) in [6.07, 6.45) is -2.28. The molecule has 2 amide bonds. The predicted octanol–water partition coefficient (Wildman–Crippen LogP) is 4.05. The second-order valence-electron chi connectivity index (χ2n) is 9.00. The van der Waals surface area contributed by atoms with E-state index in [-0.39, 0.29) is 42.7 Å². The highest BCUT2D eigenvalue weighted by Crippen LogP contribution is 2.31. The number of sulfonamides is 1. The first-order valence-electron chi connectivity index (χ1n) is 12.1. The van der Waals surface area contributed by atoms with Crippen LogP contribution in [0.5, 0.6) is 0 Å². The molecular formula is C27H22F3N5O4S. The molecule has 0 spiro atoms. The van der Waals surface area contributed by atoms with Gasteiger partial charge in [0.05, 0.1) is 11.1 Å². The molecule has 206 valence electrons. The van der Waals surface area contributed by atoms with Crippen molar-refractivity contribution >= 4 is 38.4 Å². The normalized spacial score (nSPS) is 14.3. The highest BCUT2D eigenvalue weighted by molar-refractivity contribution is 7.93. The Balaban J connectivity index is 1.23. The van der Waals surface area contributed by atoms with E-state index in [9.17, 15) is 31.2 Å². The zero-order valence-electron chi connectivity index (χ0n) is 20.8. The van der Waals surface area contributed by atoms with Crippen LogP contribution in [0.25, 0.3) is 10.9 Å². The van der Waals surface area contributed by atoms with Gasteiger partial charge in [-0.3, -0.25) is 24.3 Å². The van der Waals surface area contributed by atoms with Crippen molar-refractivity contribution in [1.82, 2.24) is 19.8 Å². The van der Waals surface area contributed by atoms with Crippen molar-refractivity contribution in [2.45, 2.75) is 11.1 Å². The number of hydrogen-bond donors (Lipinski definition) is 1. The SMILES string of the molecule is O=C(c1ccc(NS(=O)(=O)c2cccc3cccnc23)cc1)N1CCN(C(=O)c2cccnc2C(F)(F)F)CC1. The monoisotopic (exact) mass is 569 g/mol. The van der Waals surface area contributed by atoms with Crippen LogP contribution in [0.1, 0.15) is 26.4 Å². The van der Waals surface area contributed by atoms with Crippen LogP contribution in [-0.2, 0) is 16.2 Å². The number of nitrogens with one attached hydrogen (secondary N) is 1. The molecule has 40 heavy (non-hydrogen) atoms. The fourth-order valence-electron chi connectivity index (χ4n) is 4.45. The van der Waals surface area contributed by atoms with E-state index in [1.807, 2.05) is 0 Å². The fourth-order valence-corrected chi connectivity index (χ4v) is 5.69. The Labute approximate surface area is 227 Å². The van der Waals surface area contributed by atoms with Gasteiger partial charge in [0.15, 0.2) is 5.69 Å². The third-order valence-corrected chi connectivity index (χ3v) is 7.84. The minimum Gasteiger partial charge on any atom is -0.335 e. The zero-order valence-corrected chi connectivity index (χ0v) is 21.6. The van der Waals surface area contributed by atoms with Gasteiger partial charge >= 0.3 is 6.18 Å². The lowest BCUT2D eigenvalue weighted by molar-refractivity contribution is -0.141. The number of alkyl halides is 3. The lowest BCUT2D eigenvalue weighted by Crippen LogP contribution is -2.50. The maximum atomic E-state index is 13.3. The topological polar surface area (TPSA) is 113 Å². The number of para-hydroxylation sites is 1. The van der Waals surface area contributed by atoms with Crippen molar-refractivity contribution < 1.29 is 31.2 Å². The van der Waals surface area contributed by atoms with E-state index in [2.05, 4.69) is 14.7 Å². The summed E-state index contributed by atoms with van der Waals surface area (Å²) < 4.78 is 68.4. The van der Waals surface area contributed by atoms with E-state index in [1.54, 1.807) is 24.3 Å². The standard InChI is InChI=1S/C27H22F3N5O4S/c28-27(29,30)24-21(6-3-13-32-24)26(37)35-16-14-34(15-17-35)25(36)19-8-10-20(11-9-19)33-40(38,39)22-7-1-4-18-5-2-12-31-23(18)22/h1-13,33H,14-17H2. The molecule has 1 saturated heterocycles. The number of piperazine rings is 1. The van der Waals surface area contributed by atoms with Crippen molar-refractivity contribution in [3.05, 3.63) is 95.9 Å². The average Bonchev–Trinajstić information content (AvgIpc) is 2.96. The van der Waals surface area contributed by atoms with Gasteiger partial charge in [0.2, 0.25) is 0 Å². The number of pyridine rings is 2. The molecule has 13 heteroatoms. The third-order valence-electron chi connectivity index (χ3n) is 6.43. The first-order valence-corrected chi connectivity index (χ1v) is 13.6. The van der Waals surface area contributed by atoms with Gasteiger partial charge in [-0.2, -0.15) is 13.2 Å². The summed E-state index contributed by atoms with van der Waals surface area (Å²) in [5.74, 6) is -1.15. The van der Waals surface area contributed by atoms with E-state index in [1.165, 1.54) is 52.4 Å². The number of nitrogens with zero attached hydrogens (tertiary/aromatic N) is 4. The number of carbonyl (C=O) groups is 2. The second-order valence-corrected chi connectivity index (χ2v) is 10.6. The second kappa shape index (κ2) is 10.6. The summed E-state index contributed by atoms with van der Waals surface area (Å²) in [5, 5.41) is 0.675. The summed E-state index contributed by atoms with van der Waals surface area (Å²) >= 11 is 0. The minimum atomic E-state index is -4.77. The molecule has 0 bridgehead atoms. The van der Waals surface area contributed by atoms with Crippen LogP contribution in [0.4, 0.5) is 18.9 Å². The summed E-state index contributed by atoms with van der Waals surface area (Å²) in [7, 11) is -3.96. The van der Waals surface area contributed by atoms with Crippen molar-refractivity contribution in [3.63, 3.8) is 0 Å². The maximum Gasteiger partial charge on any atom is 0.434 e. The molecule has 0 unspecified atom stereocenters. The molecular weight excluding hydrogens is 547 g/mol. The largest absolute Gasteiger partial charge is 0.434 e. The van der Waals surface area contributed by atoms with Crippen LogP contribution in [-0.4, -0.2) is 66.2 Å². The number of carbonyl (C=O) groups excluding carboxylic acids is 2. The molecule has 5 rings (SSSR count). The van der Waals surface area contributed by atoms with Gasteiger partial charge in [-0.1, -0.05) is 18.2 Å². The van der Waals surface area contributed by atoms with Gasteiger partial charge in [0.1, 0.15) is 4.90 Å². The minimum absolute atomic E-state index is 0.0202. The Morgan fingerprint density at radius 3 is 2.05 bits per heavy atom. The molecule has 2 aromatic heterocycles. The first kappa shape index (κ1) is 27.1. The third kappa shape index (κ3) is 5.45. The van der Waals surface area contributed by atoms with Gasteiger partial charge in [0.25, 0.3) is 21.8 Å². The number of anilines is 1. The molecule has 0 saturated carbocycles.